The molecule has 0 aromatic carbocycles. The normalized spacial score (nSPS) is 31.8. The smallest absolute Gasteiger partial charge is 0.0137 e. The van der Waals surface area contributed by atoms with Crippen LogP contribution < -0.4 is 5.32 Å². The molecule has 98 valence electrons. The molecule has 1 rings (SSSR count). The van der Waals surface area contributed by atoms with Gasteiger partial charge in [-0.15, -0.1) is 0 Å². The van der Waals surface area contributed by atoms with E-state index in [2.05, 4.69) is 38.7 Å². The van der Waals surface area contributed by atoms with Crippen molar-refractivity contribution in [3.05, 3.63) is 23.8 Å². The minimum atomic E-state index is 0.603. The van der Waals surface area contributed by atoms with E-state index >= 15 is 0 Å². The van der Waals surface area contributed by atoms with Crippen LogP contribution in [-0.2, 0) is 0 Å². The van der Waals surface area contributed by atoms with Crippen molar-refractivity contribution < 1.29 is 0 Å². The predicted octanol–water partition coefficient (Wildman–Crippen LogP) is 4.31. The first-order valence-corrected chi connectivity index (χ1v) is 7.14. The molecule has 2 atom stereocenters. The third-order valence-corrected chi connectivity index (χ3v) is 3.97. The Morgan fingerprint density at radius 2 is 2.00 bits per heavy atom. The Bertz CT molecular complexity index is 265. The van der Waals surface area contributed by atoms with Gasteiger partial charge in [0.2, 0.25) is 0 Å². The van der Waals surface area contributed by atoms with Crippen LogP contribution in [0.25, 0.3) is 0 Å². The third kappa shape index (κ3) is 5.54. The summed E-state index contributed by atoms with van der Waals surface area (Å²) in [5, 5.41) is 3.52. The van der Waals surface area contributed by atoms with Gasteiger partial charge in [-0.25, -0.2) is 0 Å². The van der Waals surface area contributed by atoms with Crippen LogP contribution in [0.3, 0.4) is 0 Å². The number of hydrogen-bond acceptors (Lipinski definition) is 1. The van der Waals surface area contributed by atoms with Crippen LogP contribution in [0.4, 0.5) is 0 Å². The Labute approximate surface area is 107 Å². The standard InChI is InChI=1S/C16H29N/c1-13(2)16-8-6-5-7-14(3)9-11-17-12-10-15(16)4/h10,14,16-17H,1,5-9,11-12H2,2-4H3/b15-10-. The van der Waals surface area contributed by atoms with Crippen molar-refractivity contribution in [3.63, 3.8) is 0 Å². The first kappa shape index (κ1) is 14.5. The van der Waals surface area contributed by atoms with Gasteiger partial charge in [-0.05, 0) is 45.1 Å². The van der Waals surface area contributed by atoms with Crippen LogP contribution >= 0.6 is 0 Å². The summed E-state index contributed by atoms with van der Waals surface area (Å²) in [5.74, 6) is 1.47. The van der Waals surface area contributed by atoms with E-state index < -0.39 is 0 Å². The average Bonchev–Trinajstić information content (AvgIpc) is 2.25. The Balaban J connectivity index is 2.59. The number of hydrogen-bond donors (Lipinski definition) is 1. The van der Waals surface area contributed by atoms with Gasteiger partial charge in [-0.1, -0.05) is 50.0 Å². The van der Waals surface area contributed by atoms with Gasteiger partial charge in [0.15, 0.2) is 0 Å². The molecule has 1 heterocycles. The summed E-state index contributed by atoms with van der Waals surface area (Å²) in [6, 6.07) is 0. The van der Waals surface area contributed by atoms with Crippen molar-refractivity contribution in [3.8, 4) is 0 Å². The molecule has 1 aliphatic rings. The molecule has 0 aliphatic carbocycles. The minimum absolute atomic E-state index is 0.603. The lowest BCUT2D eigenvalue weighted by atomic mass is 9.87. The first-order valence-electron chi connectivity index (χ1n) is 7.14. The molecule has 1 nitrogen and oxygen atoms in total. The molecule has 0 fully saturated rings. The topological polar surface area (TPSA) is 12.0 Å². The molecule has 0 radical (unpaired) electrons. The summed E-state index contributed by atoms with van der Waals surface area (Å²) in [4.78, 5) is 0. The highest BCUT2D eigenvalue weighted by Gasteiger charge is 2.12. The fourth-order valence-electron chi connectivity index (χ4n) is 2.67. The van der Waals surface area contributed by atoms with Crippen LogP contribution in [0.1, 0.15) is 52.9 Å². The lowest BCUT2D eigenvalue weighted by molar-refractivity contribution is 0.437. The zero-order chi connectivity index (χ0) is 12.7. The first-order chi connectivity index (χ1) is 8.11. The van der Waals surface area contributed by atoms with E-state index in [0.29, 0.717) is 5.92 Å². The quantitative estimate of drug-likeness (QED) is 0.668. The van der Waals surface area contributed by atoms with Gasteiger partial charge in [0.1, 0.15) is 0 Å². The van der Waals surface area contributed by atoms with Gasteiger partial charge in [0, 0.05) is 6.54 Å². The molecule has 0 amide bonds. The van der Waals surface area contributed by atoms with E-state index in [1.165, 1.54) is 43.3 Å². The second kappa shape index (κ2) is 7.71. The molecule has 0 aromatic rings. The lowest BCUT2D eigenvalue weighted by Crippen LogP contribution is -2.19. The van der Waals surface area contributed by atoms with Crippen molar-refractivity contribution in [2.24, 2.45) is 11.8 Å². The summed E-state index contributed by atoms with van der Waals surface area (Å²) in [6.07, 6.45) is 9.05. The Hall–Kier alpha value is -0.560. The summed E-state index contributed by atoms with van der Waals surface area (Å²) in [5.41, 5.74) is 2.82. The second-order valence-electron chi connectivity index (χ2n) is 5.73. The summed E-state index contributed by atoms with van der Waals surface area (Å²) in [7, 11) is 0. The summed E-state index contributed by atoms with van der Waals surface area (Å²) in [6.45, 7) is 13.1. The maximum atomic E-state index is 4.15. The molecular weight excluding hydrogens is 206 g/mol. The fraction of sp³-hybridized carbons (Fsp3) is 0.750. The van der Waals surface area contributed by atoms with Crippen molar-refractivity contribution in [2.75, 3.05) is 13.1 Å². The SMILES string of the molecule is C=C(C)C1CCCCC(C)CCNC/C=C\1C. The van der Waals surface area contributed by atoms with E-state index in [4.69, 9.17) is 0 Å². The molecule has 2 unspecified atom stereocenters. The second-order valence-corrected chi connectivity index (χ2v) is 5.73. The maximum absolute atomic E-state index is 4.15. The molecule has 17 heavy (non-hydrogen) atoms. The minimum Gasteiger partial charge on any atom is -0.313 e. The van der Waals surface area contributed by atoms with Gasteiger partial charge in [0.05, 0.1) is 0 Å². The van der Waals surface area contributed by atoms with Crippen LogP contribution in [0.2, 0.25) is 0 Å². The maximum Gasteiger partial charge on any atom is 0.0137 e. The Kier molecular flexibility index (Phi) is 6.57. The molecule has 0 aromatic heterocycles. The zero-order valence-corrected chi connectivity index (χ0v) is 11.9. The van der Waals surface area contributed by atoms with Gasteiger partial charge >= 0.3 is 0 Å². The number of nitrogens with one attached hydrogen (secondary N) is 1. The highest BCUT2D eigenvalue weighted by Crippen LogP contribution is 2.26. The van der Waals surface area contributed by atoms with E-state index in [0.717, 1.165) is 19.0 Å². The third-order valence-electron chi connectivity index (χ3n) is 3.97. The molecule has 1 heteroatoms. The van der Waals surface area contributed by atoms with Crippen molar-refractivity contribution >= 4 is 0 Å². The van der Waals surface area contributed by atoms with E-state index in [9.17, 15) is 0 Å². The van der Waals surface area contributed by atoms with Gasteiger partial charge in [-0.3, -0.25) is 0 Å². The van der Waals surface area contributed by atoms with Crippen LogP contribution in [0.5, 0.6) is 0 Å². The highest BCUT2D eigenvalue weighted by molar-refractivity contribution is 5.16. The predicted molar refractivity (Wildman–Crippen MR) is 77.2 cm³/mol. The van der Waals surface area contributed by atoms with Crippen LogP contribution in [0.15, 0.2) is 23.8 Å². The highest BCUT2D eigenvalue weighted by atomic mass is 14.8. The summed E-state index contributed by atoms with van der Waals surface area (Å²) < 4.78 is 0. The van der Waals surface area contributed by atoms with Crippen molar-refractivity contribution in [2.45, 2.75) is 52.9 Å². The van der Waals surface area contributed by atoms with Crippen LogP contribution in [-0.4, -0.2) is 13.1 Å². The van der Waals surface area contributed by atoms with E-state index in [-0.39, 0.29) is 0 Å². The average molecular weight is 235 g/mol. The zero-order valence-electron chi connectivity index (χ0n) is 11.9. The largest absolute Gasteiger partial charge is 0.313 e. The molecular formula is C16H29N. The molecule has 0 spiro atoms. The molecule has 1 N–H and O–H groups in total. The monoisotopic (exact) mass is 235 g/mol. The van der Waals surface area contributed by atoms with E-state index in [1.807, 2.05) is 0 Å². The van der Waals surface area contributed by atoms with Crippen molar-refractivity contribution in [1.29, 1.82) is 0 Å². The van der Waals surface area contributed by atoms with Crippen LogP contribution in [0, 0.1) is 11.8 Å². The molecule has 0 saturated carbocycles. The number of rotatable bonds is 1. The van der Waals surface area contributed by atoms with Gasteiger partial charge < -0.3 is 5.32 Å². The number of allylic oxidation sites excluding steroid dienone is 2. The van der Waals surface area contributed by atoms with Crippen molar-refractivity contribution in [1.82, 2.24) is 5.32 Å². The Morgan fingerprint density at radius 3 is 2.71 bits per heavy atom. The lowest BCUT2D eigenvalue weighted by Gasteiger charge is -2.20. The Morgan fingerprint density at radius 1 is 1.29 bits per heavy atom. The molecule has 1 aliphatic heterocycles. The van der Waals surface area contributed by atoms with E-state index in [1.54, 1.807) is 0 Å². The van der Waals surface area contributed by atoms with Gasteiger partial charge in [-0.2, -0.15) is 0 Å². The molecule has 0 bridgehead atoms. The summed E-state index contributed by atoms with van der Waals surface area (Å²) >= 11 is 0. The molecule has 0 saturated heterocycles. The fourth-order valence-corrected chi connectivity index (χ4v) is 2.67. The van der Waals surface area contributed by atoms with Gasteiger partial charge in [0.25, 0.3) is 0 Å².